The number of aryl methyl sites for hydroxylation is 1. The molecule has 0 radical (unpaired) electrons. The van der Waals surface area contributed by atoms with Crippen LogP contribution in [0.25, 0.3) is 0 Å². The average molecular weight is 550 g/mol. The molecule has 3 atom stereocenters. The lowest BCUT2D eigenvalue weighted by molar-refractivity contribution is -0.164. The first kappa shape index (κ1) is 28.4. The van der Waals surface area contributed by atoms with Gasteiger partial charge in [0.2, 0.25) is 0 Å². The molecule has 2 aromatic rings. The van der Waals surface area contributed by atoms with E-state index in [0.717, 1.165) is 17.0 Å². The number of amides is 3. The SMILES string of the molecule is Cc1cc(NC(=O)c2ccc(F)c(C(F)(F)C(=O)N3[C@@H]4CC[C@H]3CC(NC(=O)OC(C)(C)C)C4)c2)ccc1F. The summed E-state index contributed by atoms with van der Waals surface area (Å²) in [5.41, 5.74) is -1.70. The number of fused-ring (bicyclic) bond motifs is 2. The van der Waals surface area contributed by atoms with Crippen LogP contribution in [0.2, 0.25) is 0 Å². The summed E-state index contributed by atoms with van der Waals surface area (Å²) >= 11 is 0. The van der Waals surface area contributed by atoms with E-state index in [1.165, 1.54) is 19.1 Å². The highest BCUT2D eigenvalue weighted by molar-refractivity contribution is 6.04. The van der Waals surface area contributed by atoms with E-state index in [-0.39, 0.29) is 35.7 Å². The van der Waals surface area contributed by atoms with E-state index in [0.29, 0.717) is 25.0 Å². The van der Waals surface area contributed by atoms with Crippen LogP contribution < -0.4 is 10.6 Å². The zero-order valence-electron chi connectivity index (χ0n) is 22.1. The highest BCUT2D eigenvalue weighted by Crippen LogP contribution is 2.41. The van der Waals surface area contributed by atoms with Crippen molar-refractivity contribution in [1.29, 1.82) is 0 Å². The Labute approximate surface area is 223 Å². The Morgan fingerprint density at radius 3 is 2.15 bits per heavy atom. The van der Waals surface area contributed by atoms with Crippen molar-refractivity contribution in [3.8, 4) is 0 Å². The predicted molar refractivity (Wildman–Crippen MR) is 135 cm³/mol. The molecule has 11 heteroatoms. The largest absolute Gasteiger partial charge is 0.444 e. The fraction of sp³-hybridized carbons (Fsp3) is 0.464. The van der Waals surface area contributed by atoms with Crippen molar-refractivity contribution in [3.05, 3.63) is 64.7 Å². The molecule has 2 heterocycles. The van der Waals surface area contributed by atoms with Crippen LogP contribution in [0.4, 0.5) is 28.0 Å². The maximum Gasteiger partial charge on any atom is 0.407 e. The number of hydrogen-bond acceptors (Lipinski definition) is 4. The van der Waals surface area contributed by atoms with Gasteiger partial charge in [0.25, 0.3) is 11.8 Å². The van der Waals surface area contributed by atoms with Crippen molar-refractivity contribution < 1.29 is 36.7 Å². The first-order valence-corrected chi connectivity index (χ1v) is 12.7. The molecule has 4 rings (SSSR count). The van der Waals surface area contributed by atoms with Gasteiger partial charge in [-0.1, -0.05) is 0 Å². The topological polar surface area (TPSA) is 87.7 Å². The number of anilines is 1. The molecule has 0 spiro atoms. The van der Waals surface area contributed by atoms with Crippen LogP contribution in [0, 0.1) is 18.6 Å². The van der Waals surface area contributed by atoms with E-state index >= 15 is 8.78 Å². The highest BCUT2D eigenvalue weighted by atomic mass is 19.3. The third-order valence-corrected chi connectivity index (χ3v) is 6.94. The number of alkyl carbamates (subject to hydrolysis) is 1. The highest BCUT2D eigenvalue weighted by Gasteiger charge is 2.53. The molecule has 2 aromatic carbocycles. The first-order chi connectivity index (χ1) is 18.2. The van der Waals surface area contributed by atoms with Crippen molar-refractivity contribution >= 4 is 23.6 Å². The lowest BCUT2D eigenvalue weighted by Crippen LogP contribution is -2.56. The van der Waals surface area contributed by atoms with Crippen LogP contribution in [0.3, 0.4) is 0 Å². The van der Waals surface area contributed by atoms with Gasteiger partial charge in [0.05, 0.1) is 5.56 Å². The molecule has 0 aliphatic carbocycles. The normalized spacial score (nSPS) is 20.9. The van der Waals surface area contributed by atoms with Crippen molar-refractivity contribution in [2.75, 3.05) is 5.32 Å². The first-order valence-electron chi connectivity index (χ1n) is 12.7. The molecular weight excluding hydrogens is 518 g/mol. The maximum atomic E-state index is 15.5. The van der Waals surface area contributed by atoms with Crippen molar-refractivity contribution in [2.24, 2.45) is 0 Å². The standard InChI is InChI=1S/C28H31F4N3O4/c1-15-11-17(6-10-22(15)29)33-24(36)16-5-9-23(30)21(12-16)28(31,32)25(37)35-19-7-8-20(35)14-18(13-19)34-26(38)39-27(2,3)4/h5-6,9-12,18-20H,7-8,13-14H2,1-4H3,(H,33,36)(H,34,38)/t18?,19-,20+. The number of rotatable bonds is 5. The summed E-state index contributed by atoms with van der Waals surface area (Å²) in [4.78, 5) is 39.1. The summed E-state index contributed by atoms with van der Waals surface area (Å²) in [6.07, 6.45) is 0.853. The second-order valence-electron chi connectivity index (χ2n) is 11.1. The van der Waals surface area contributed by atoms with Gasteiger partial charge in [0.15, 0.2) is 0 Å². The minimum Gasteiger partial charge on any atom is -0.444 e. The summed E-state index contributed by atoms with van der Waals surface area (Å²) in [6.45, 7) is 6.67. The van der Waals surface area contributed by atoms with Crippen LogP contribution >= 0.6 is 0 Å². The molecule has 3 amide bonds. The maximum absolute atomic E-state index is 15.5. The van der Waals surface area contributed by atoms with Crippen LogP contribution in [0.15, 0.2) is 36.4 Å². The second-order valence-corrected chi connectivity index (χ2v) is 11.1. The van der Waals surface area contributed by atoms with Crippen LogP contribution in [0.1, 0.15) is 67.9 Å². The Hall–Kier alpha value is -3.63. The predicted octanol–water partition coefficient (Wildman–Crippen LogP) is 5.66. The van der Waals surface area contributed by atoms with Crippen LogP contribution in [0.5, 0.6) is 0 Å². The second kappa shape index (κ2) is 10.5. The summed E-state index contributed by atoms with van der Waals surface area (Å²) in [5, 5.41) is 5.21. The Kier molecular flexibility index (Phi) is 7.64. The lowest BCUT2D eigenvalue weighted by atomic mass is 9.95. The van der Waals surface area contributed by atoms with Crippen molar-refractivity contribution in [3.63, 3.8) is 0 Å². The number of halogens is 4. The molecule has 2 aliphatic rings. The van der Waals surface area contributed by atoms with E-state index in [1.54, 1.807) is 20.8 Å². The smallest absolute Gasteiger partial charge is 0.407 e. The van der Waals surface area contributed by atoms with Gasteiger partial charge in [0.1, 0.15) is 17.2 Å². The van der Waals surface area contributed by atoms with Gasteiger partial charge in [-0.3, -0.25) is 9.59 Å². The number of nitrogens with one attached hydrogen (secondary N) is 2. The molecular formula is C28H31F4N3O4. The van der Waals surface area contributed by atoms with E-state index in [4.69, 9.17) is 4.74 Å². The van der Waals surface area contributed by atoms with Gasteiger partial charge in [-0.25, -0.2) is 13.6 Å². The molecule has 39 heavy (non-hydrogen) atoms. The van der Waals surface area contributed by atoms with E-state index < -0.39 is 58.7 Å². The Balaban J connectivity index is 1.49. The molecule has 2 bridgehead atoms. The zero-order chi connectivity index (χ0) is 28.7. The number of nitrogens with zero attached hydrogens (tertiary/aromatic N) is 1. The summed E-state index contributed by atoms with van der Waals surface area (Å²) in [5.74, 6) is -8.40. The van der Waals surface area contributed by atoms with E-state index in [9.17, 15) is 23.2 Å². The fourth-order valence-corrected chi connectivity index (χ4v) is 5.21. The van der Waals surface area contributed by atoms with Crippen molar-refractivity contribution in [1.82, 2.24) is 10.2 Å². The molecule has 0 aromatic heterocycles. The Morgan fingerprint density at radius 2 is 1.56 bits per heavy atom. The van der Waals surface area contributed by atoms with Gasteiger partial charge >= 0.3 is 12.0 Å². The minimum absolute atomic E-state index is 0.229. The Bertz CT molecular complexity index is 1280. The minimum atomic E-state index is -4.24. The number of ether oxygens (including phenoxy) is 1. The number of alkyl halides is 2. The molecule has 2 fully saturated rings. The summed E-state index contributed by atoms with van der Waals surface area (Å²) in [7, 11) is 0. The van der Waals surface area contributed by atoms with Gasteiger partial charge in [-0.05, 0) is 95.3 Å². The van der Waals surface area contributed by atoms with E-state index in [1.807, 2.05) is 0 Å². The quantitative estimate of drug-likeness (QED) is 0.471. The van der Waals surface area contributed by atoms with Gasteiger partial charge in [-0.15, -0.1) is 0 Å². The summed E-state index contributed by atoms with van der Waals surface area (Å²) < 4.78 is 64.5. The van der Waals surface area contributed by atoms with Gasteiger partial charge in [0, 0.05) is 29.4 Å². The number of benzene rings is 2. The van der Waals surface area contributed by atoms with Gasteiger partial charge < -0.3 is 20.3 Å². The molecule has 2 saturated heterocycles. The monoisotopic (exact) mass is 549 g/mol. The molecule has 210 valence electrons. The average Bonchev–Trinajstić information content (AvgIpc) is 3.09. The van der Waals surface area contributed by atoms with Gasteiger partial charge in [-0.2, -0.15) is 8.78 Å². The van der Waals surface area contributed by atoms with Crippen molar-refractivity contribution in [2.45, 2.75) is 83.0 Å². The number of piperidine rings is 1. The third-order valence-electron chi connectivity index (χ3n) is 6.94. The molecule has 2 aliphatic heterocycles. The molecule has 0 saturated carbocycles. The number of carbonyl (C=O) groups excluding carboxylic acids is 3. The molecule has 1 unspecified atom stereocenters. The summed E-state index contributed by atoms with van der Waals surface area (Å²) in [6, 6.07) is 4.76. The number of carbonyl (C=O) groups is 3. The number of hydrogen-bond donors (Lipinski definition) is 2. The zero-order valence-corrected chi connectivity index (χ0v) is 22.1. The van der Waals surface area contributed by atoms with Crippen LogP contribution in [-0.2, 0) is 15.5 Å². The molecule has 7 nitrogen and oxygen atoms in total. The molecule has 2 N–H and O–H groups in total. The Morgan fingerprint density at radius 1 is 0.949 bits per heavy atom. The fourth-order valence-electron chi connectivity index (χ4n) is 5.21. The van der Waals surface area contributed by atoms with Crippen LogP contribution in [-0.4, -0.2) is 46.5 Å². The lowest BCUT2D eigenvalue weighted by Gasteiger charge is -2.40. The van der Waals surface area contributed by atoms with E-state index in [2.05, 4.69) is 10.6 Å². The third kappa shape index (κ3) is 6.17.